The van der Waals surface area contributed by atoms with Crippen molar-refractivity contribution in [3.8, 4) is 0 Å². The molecule has 0 aliphatic heterocycles. The number of nitrogens with zero attached hydrogens (tertiary/aromatic N) is 2. The predicted octanol–water partition coefficient (Wildman–Crippen LogP) is -1.03. The molecule has 0 rings (SSSR count). The van der Waals surface area contributed by atoms with Crippen LogP contribution in [0.25, 0.3) is 0 Å². The molecule has 0 aliphatic rings. The van der Waals surface area contributed by atoms with Crippen LogP contribution in [0.4, 0.5) is 0 Å². The normalized spacial score (nSPS) is 15.0. The molecule has 0 spiro atoms. The molecule has 5 N–H and O–H groups in total. The number of aliphatic carboxylic acids is 1. The maximum absolute atomic E-state index is 11.9. The molecule has 0 aromatic heterocycles. The smallest absolute Gasteiger partial charge is 0.325 e. The summed E-state index contributed by atoms with van der Waals surface area (Å²) in [7, 11) is 0. The molecule has 0 radical (unpaired) electrons. The number of carboxylic acids is 1. The third kappa shape index (κ3) is 22.0. The van der Waals surface area contributed by atoms with Gasteiger partial charge in [0.05, 0.1) is 18.7 Å². The van der Waals surface area contributed by atoms with Gasteiger partial charge in [0.15, 0.2) is 12.2 Å². The number of carboxylic acid groups (broad SMARTS) is 1. The highest BCUT2D eigenvalue weighted by atomic mass is 16.6. The fourth-order valence-electron chi connectivity index (χ4n) is 3.12. The van der Waals surface area contributed by atoms with E-state index in [0.29, 0.717) is 25.7 Å². The third-order valence-electron chi connectivity index (χ3n) is 4.89. The van der Waals surface area contributed by atoms with Crippen LogP contribution in [0.15, 0.2) is 9.98 Å². The van der Waals surface area contributed by atoms with Gasteiger partial charge in [0, 0.05) is 11.2 Å². The van der Waals surface area contributed by atoms with Gasteiger partial charge in [-0.05, 0) is 19.8 Å². The number of aliphatic hydroxyl groups excluding tert-OH is 2. The summed E-state index contributed by atoms with van der Waals surface area (Å²) in [6.07, 6.45) is -3.04. The largest absolute Gasteiger partial charge is 0.595 e. The summed E-state index contributed by atoms with van der Waals surface area (Å²) in [5, 5.41) is 56.0. The Kier molecular flexibility index (Phi) is 20.4. The van der Waals surface area contributed by atoms with Crippen LogP contribution in [0.3, 0.4) is 0 Å². The van der Waals surface area contributed by atoms with Crippen LogP contribution >= 0.6 is 0 Å². The van der Waals surface area contributed by atoms with Gasteiger partial charge in [0.1, 0.15) is 25.3 Å². The Labute approximate surface area is 258 Å². The Bertz CT molecular complexity index is 957. The van der Waals surface area contributed by atoms with Crippen LogP contribution in [-0.4, -0.2) is 106 Å². The van der Waals surface area contributed by atoms with Gasteiger partial charge in [-0.2, -0.15) is 0 Å². The van der Waals surface area contributed by atoms with E-state index in [0.717, 1.165) is 0 Å². The standard InChI is InChI=1S/C15H28N2O6.C13H24N2O6/c1-6-8-10(17-14(21)23-15(3,4)5)12(19)13(20)16-9-11(18)22-7-2;1-5-6-8(15-12(20)21-13(2,3)4)10(18)11(19)14-7-9(16)17/h10,12,19H,6-9H2,1-5H3,(H,16,20)(H,17,21);8,10,18H,5-7H2,1-4H3,(H,14,19)(H,15,20)(H,16,17)/p-2/t10-,12?;8-,10?/m00/s1. The number of rotatable bonds is 15. The van der Waals surface area contributed by atoms with E-state index in [4.69, 9.17) is 14.6 Å². The molecule has 44 heavy (non-hydrogen) atoms. The molecule has 0 heterocycles. The van der Waals surface area contributed by atoms with Crippen molar-refractivity contribution in [2.24, 2.45) is 9.98 Å². The number of carbonyl (C=O) groups excluding carboxylic acids is 3. The first-order valence-electron chi connectivity index (χ1n) is 14.3. The molecule has 0 fully saturated rings. The van der Waals surface area contributed by atoms with Gasteiger partial charge in [-0.3, -0.25) is 29.2 Å². The highest BCUT2D eigenvalue weighted by Crippen LogP contribution is 2.12. The van der Waals surface area contributed by atoms with Crippen molar-refractivity contribution in [3.63, 3.8) is 0 Å². The monoisotopic (exact) mass is 634 g/mol. The van der Waals surface area contributed by atoms with Crippen LogP contribution in [0, 0.1) is 0 Å². The lowest BCUT2D eigenvalue weighted by Crippen LogP contribution is -2.44. The number of nitrogens with one attached hydrogen (secondary N) is 2. The molecule has 0 saturated carbocycles. The van der Waals surface area contributed by atoms with Gasteiger partial charge in [-0.15, -0.1) is 0 Å². The topological polar surface area (TPSA) is 252 Å². The summed E-state index contributed by atoms with van der Waals surface area (Å²) in [5.74, 6) is -3.51. The number of amides is 2. The van der Waals surface area contributed by atoms with Crippen LogP contribution in [0.1, 0.15) is 88.0 Å². The number of hydrogen-bond acceptors (Lipinski definition) is 13. The van der Waals surface area contributed by atoms with Crippen molar-refractivity contribution in [1.29, 1.82) is 0 Å². The Balaban J connectivity index is 0. The van der Waals surface area contributed by atoms with Crippen molar-refractivity contribution in [3.05, 3.63) is 0 Å². The molecule has 0 bridgehead atoms. The molecule has 0 aliphatic carbocycles. The zero-order chi connectivity index (χ0) is 34.7. The summed E-state index contributed by atoms with van der Waals surface area (Å²) < 4.78 is 14.7. The van der Waals surface area contributed by atoms with Crippen molar-refractivity contribution in [2.75, 3.05) is 19.7 Å². The number of aliphatic imine (C=N–C) groups is 2. The number of carbonyl (C=O) groups is 4. The quantitative estimate of drug-likeness (QED) is 0.0824. The van der Waals surface area contributed by atoms with Crippen molar-refractivity contribution in [2.45, 2.75) is 123 Å². The third-order valence-corrected chi connectivity index (χ3v) is 4.89. The number of hydrogen-bond donors (Lipinski definition) is 5. The fraction of sp³-hybridized carbons (Fsp3) is 0.786. The van der Waals surface area contributed by atoms with Gasteiger partial charge in [-0.1, -0.05) is 68.2 Å². The summed E-state index contributed by atoms with van der Waals surface area (Å²) in [6, 6.07) is -1.91. The van der Waals surface area contributed by atoms with E-state index in [1.54, 1.807) is 55.4 Å². The van der Waals surface area contributed by atoms with Gasteiger partial charge in [0.25, 0.3) is 11.8 Å². The van der Waals surface area contributed by atoms with Crippen molar-refractivity contribution in [1.82, 2.24) is 10.6 Å². The molecule has 0 saturated heterocycles. The van der Waals surface area contributed by atoms with Gasteiger partial charge in [-0.25, -0.2) is 0 Å². The maximum atomic E-state index is 11.9. The summed E-state index contributed by atoms with van der Waals surface area (Å²) in [4.78, 5) is 52.4. The Morgan fingerprint density at radius 3 is 1.39 bits per heavy atom. The average molecular weight is 635 g/mol. The minimum Gasteiger partial charge on any atom is -0.595 e. The molecule has 0 aromatic carbocycles. The molecular weight excluding hydrogens is 584 g/mol. The zero-order valence-corrected chi connectivity index (χ0v) is 27.2. The first-order chi connectivity index (χ1) is 20.2. The average Bonchev–Trinajstić information content (AvgIpc) is 2.87. The lowest BCUT2D eigenvalue weighted by atomic mass is 10.1. The lowest BCUT2D eigenvalue weighted by molar-refractivity contribution is -0.262. The summed E-state index contributed by atoms with van der Waals surface area (Å²) >= 11 is 0. The Hall–Kier alpha value is -3.66. The highest BCUT2D eigenvalue weighted by molar-refractivity contribution is 5.86. The number of ether oxygens (including phenoxy) is 3. The van der Waals surface area contributed by atoms with E-state index in [1.165, 1.54) is 0 Å². The second-order valence-corrected chi connectivity index (χ2v) is 11.5. The van der Waals surface area contributed by atoms with Gasteiger partial charge < -0.3 is 50.4 Å². The molecule has 16 nitrogen and oxygen atoms in total. The van der Waals surface area contributed by atoms with Crippen LogP contribution < -0.4 is 20.8 Å². The first kappa shape index (κ1) is 42.5. The molecule has 256 valence electrons. The van der Waals surface area contributed by atoms with Crippen molar-refractivity contribution >= 4 is 35.9 Å². The molecular formula is C28H50N4O12-2. The SMILES string of the molecule is CCC[C@H](N=C([O-])OC(C)(C)C)C(O)C(=O)NCC(=O)O.CCC[C@H](N=C([O-])OC(C)(C)C)C(O)C(=O)NCC(=O)OCC. The van der Waals surface area contributed by atoms with E-state index in [1.807, 2.05) is 12.2 Å². The van der Waals surface area contributed by atoms with E-state index in [9.17, 15) is 39.6 Å². The Morgan fingerprint density at radius 2 is 1.09 bits per heavy atom. The molecule has 16 heteroatoms. The predicted molar refractivity (Wildman–Crippen MR) is 156 cm³/mol. The Morgan fingerprint density at radius 1 is 0.727 bits per heavy atom. The minimum absolute atomic E-state index is 0.198. The number of aliphatic hydroxyl groups is 2. The minimum atomic E-state index is -1.60. The van der Waals surface area contributed by atoms with E-state index < -0.39 is 78.0 Å². The molecule has 2 unspecified atom stereocenters. The molecule has 2 amide bonds. The van der Waals surface area contributed by atoms with Crippen LogP contribution in [-0.2, 0) is 33.4 Å². The van der Waals surface area contributed by atoms with E-state index in [-0.39, 0.29) is 13.2 Å². The second kappa shape index (κ2) is 21.1. The summed E-state index contributed by atoms with van der Waals surface area (Å²) in [6.45, 7) is 14.6. The fourth-order valence-corrected chi connectivity index (χ4v) is 3.12. The maximum Gasteiger partial charge on any atom is 0.325 e. The highest BCUT2D eigenvalue weighted by Gasteiger charge is 2.27. The van der Waals surface area contributed by atoms with E-state index in [2.05, 4.69) is 20.0 Å². The van der Waals surface area contributed by atoms with Crippen LogP contribution in [0.5, 0.6) is 0 Å². The first-order valence-corrected chi connectivity index (χ1v) is 14.3. The summed E-state index contributed by atoms with van der Waals surface area (Å²) in [5.41, 5.74) is -1.44. The molecule has 4 atom stereocenters. The molecule has 0 aromatic rings. The second-order valence-electron chi connectivity index (χ2n) is 11.5. The zero-order valence-electron chi connectivity index (χ0n) is 27.2. The van der Waals surface area contributed by atoms with Gasteiger partial charge >= 0.3 is 11.9 Å². The van der Waals surface area contributed by atoms with E-state index >= 15 is 0 Å². The van der Waals surface area contributed by atoms with Crippen molar-refractivity contribution < 1.29 is 58.9 Å². The lowest BCUT2D eigenvalue weighted by Gasteiger charge is -2.31. The number of esters is 1. The van der Waals surface area contributed by atoms with Gasteiger partial charge in [0.2, 0.25) is 0 Å². The van der Waals surface area contributed by atoms with Crippen LogP contribution in [0.2, 0.25) is 0 Å².